The van der Waals surface area contributed by atoms with Crippen molar-refractivity contribution in [1.29, 1.82) is 0 Å². The SMILES string of the molecule is Cc1ccc(C)c2sc(N(Cc3ccccc3)C(=O)/C=C/c3cccc([N+](=O)[O-])c3)nc12. The molecule has 4 rings (SSSR count). The lowest BCUT2D eigenvalue weighted by Gasteiger charge is -2.18. The van der Waals surface area contributed by atoms with Crippen molar-refractivity contribution in [2.45, 2.75) is 20.4 Å². The van der Waals surface area contributed by atoms with Crippen molar-refractivity contribution in [2.24, 2.45) is 0 Å². The van der Waals surface area contributed by atoms with Crippen molar-refractivity contribution in [1.82, 2.24) is 4.98 Å². The zero-order valence-electron chi connectivity index (χ0n) is 17.7. The highest BCUT2D eigenvalue weighted by Crippen LogP contribution is 2.34. The minimum Gasteiger partial charge on any atom is -0.280 e. The molecule has 0 radical (unpaired) electrons. The highest BCUT2D eigenvalue weighted by Gasteiger charge is 2.20. The van der Waals surface area contributed by atoms with Crippen LogP contribution in [0.2, 0.25) is 0 Å². The number of nitro groups is 1. The summed E-state index contributed by atoms with van der Waals surface area (Å²) in [6.45, 7) is 4.42. The van der Waals surface area contributed by atoms with Crippen LogP contribution < -0.4 is 4.90 Å². The number of hydrogen-bond donors (Lipinski definition) is 0. The molecule has 0 saturated heterocycles. The highest BCUT2D eigenvalue weighted by molar-refractivity contribution is 7.22. The Morgan fingerprint density at radius 1 is 1.06 bits per heavy atom. The second kappa shape index (κ2) is 9.11. The molecule has 6 nitrogen and oxygen atoms in total. The summed E-state index contributed by atoms with van der Waals surface area (Å²) in [5, 5.41) is 11.6. The van der Waals surface area contributed by atoms with E-state index in [9.17, 15) is 14.9 Å². The molecule has 7 heteroatoms. The largest absolute Gasteiger partial charge is 0.280 e. The number of nitro benzene ring substituents is 1. The van der Waals surface area contributed by atoms with E-state index in [0.29, 0.717) is 17.2 Å². The molecular formula is C25H21N3O3S. The Labute approximate surface area is 189 Å². The standard InChI is InChI=1S/C25H21N3O3S/c1-17-11-12-18(2)24-23(17)26-25(32-24)27(16-20-7-4-3-5-8-20)22(29)14-13-19-9-6-10-21(15-19)28(30)31/h3-15H,16H2,1-2H3/b14-13+. The van der Waals surface area contributed by atoms with Gasteiger partial charge < -0.3 is 0 Å². The summed E-state index contributed by atoms with van der Waals surface area (Å²) in [4.78, 5) is 30.3. The third kappa shape index (κ3) is 4.58. The van der Waals surface area contributed by atoms with Crippen molar-refractivity contribution < 1.29 is 9.72 Å². The summed E-state index contributed by atoms with van der Waals surface area (Å²) in [5.74, 6) is -0.241. The van der Waals surface area contributed by atoms with Gasteiger partial charge >= 0.3 is 0 Å². The number of amides is 1. The van der Waals surface area contributed by atoms with Gasteiger partial charge in [-0.2, -0.15) is 0 Å². The maximum atomic E-state index is 13.3. The maximum absolute atomic E-state index is 13.3. The predicted octanol–water partition coefficient (Wildman–Crippen LogP) is 6.07. The molecule has 32 heavy (non-hydrogen) atoms. The molecule has 4 aromatic rings. The molecule has 0 saturated carbocycles. The summed E-state index contributed by atoms with van der Waals surface area (Å²) in [6.07, 6.45) is 3.03. The number of thiazole rings is 1. The molecule has 3 aromatic carbocycles. The van der Waals surface area contributed by atoms with Gasteiger partial charge in [0.25, 0.3) is 11.6 Å². The first-order chi connectivity index (χ1) is 15.4. The van der Waals surface area contributed by atoms with Crippen LogP contribution in [0, 0.1) is 24.0 Å². The summed E-state index contributed by atoms with van der Waals surface area (Å²) in [7, 11) is 0. The van der Waals surface area contributed by atoms with Crippen LogP contribution in [-0.2, 0) is 11.3 Å². The lowest BCUT2D eigenvalue weighted by molar-refractivity contribution is -0.384. The van der Waals surface area contributed by atoms with Crippen LogP contribution in [0.3, 0.4) is 0 Å². The van der Waals surface area contributed by atoms with E-state index in [4.69, 9.17) is 4.98 Å². The molecule has 1 aromatic heterocycles. The van der Waals surface area contributed by atoms with Crippen LogP contribution in [-0.4, -0.2) is 15.8 Å². The van der Waals surface area contributed by atoms with Gasteiger partial charge in [-0.05, 0) is 42.2 Å². The molecular weight excluding hydrogens is 422 g/mol. The number of aromatic nitrogens is 1. The predicted molar refractivity (Wildman–Crippen MR) is 129 cm³/mol. The molecule has 0 N–H and O–H groups in total. The molecule has 0 unspecified atom stereocenters. The van der Waals surface area contributed by atoms with Crippen LogP contribution in [0.1, 0.15) is 22.3 Å². The van der Waals surface area contributed by atoms with E-state index in [1.165, 1.54) is 29.5 Å². The van der Waals surface area contributed by atoms with Crippen molar-refractivity contribution >= 4 is 44.4 Å². The summed E-state index contributed by atoms with van der Waals surface area (Å²) in [6, 6.07) is 20.0. The van der Waals surface area contributed by atoms with Crippen molar-refractivity contribution in [2.75, 3.05) is 4.90 Å². The molecule has 0 aliphatic rings. The third-order valence-corrected chi connectivity index (χ3v) is 6.32. The van der Waals surface area contributed by atoms with Gasteiger partial charge in [-0.3, -0.25) is 19.8 Å². The number of non-ortho nitro benzene ring substituents is 1. The fourth-order valence-electron chi connectivity index (χ4n) is 3.37. The van der Waals surface area contributed by atoms with Gasteiger partial charge in [0.2, 0.25) is 0 Å². The van der Waals surface area contributed by atoms with Crippen LogP contribution in [0.4, 0.5) is 10.8 Å². The molecule has 160 valence electrons. The van der Waals surface area contributed by atoms with Crippen molar-refractivity contribution in [3.8, 4) is 0 Å². The van der Waals surface area contributed by atoms with Crippen LogP contribution in [0.15, 0.2) is 72.8 Å². The number of hydrogen-bond acceptors (Lipinski definition) is 5. The monoisotopic (exact) mass is 443 g/mol. The fraction of sp³-hybridized carbons (Fsp3) is 0.120. The summed E-state index contributed by atoms with van der Waals surface area (Å²) < 4.78 is 1.06. The van der Waals surface area contributed by atoms with Gasteiger partial charge in [0.05, 0.1) is 21.7 Å². The fourth-order valence-corrected chi connectivity index (χ4v) is 4.49. The minimum absolute atomic E-state index is 0.0159. The molecule has 0 aliphatic heterocycles. The van der Waals surface area contributed by atoms with Crippen LogP contribution in [0.25, 0.3) is 16.3 Å². The van der Waals surface area contributed by atoms with Crippen molar-refractivity contribution in [3.63, 3.8) is 0 Å². The number of aryl methyl sites for hydroxylation is 2. The van der Waals surface area contributed by atoms with E-state index in [1.54, 1.807) is 23.1 Å². The normalized spacial score (nSPS) is 11.2. The summed E-state index contributed by atoms with van der Waals surface area (Å²) >= 11 is 1.49. The Morgan fingerprint density at radius 2 is 1.81 bits per heavy atom. The van der Waals surface area contributed by atoms with Gasteiger partial charge in [0.15, 0.2) is 5.13 Å². The quantitative estimate of drug-likeness (QED) is 0.206. The smallest absolute Gasteiger partial charge is 0.270 e. The van der Waals surface area contributed by atoms with E-state index in [1.807, 2.05) is 50.2 Å². The Bertz CT molecular complexity index is 1290. The lowest BCUT2D eigenvalue weighted by atomic mass is 10.1. The van der Waals surface area contributed by atoms with Gasteiger partial charge in [-0.1, -0.05) is 65.9 Å². The van der Waals surface area contributed by atoms with Gasteiger partial charge in [0, 0.05) is 18.2 Å². The molecule has 0 bridgehead atoms. The lowest BCUT2D eigenvalue weighted by Crippen LogP contribution is -2.28. The minimum atomic E-state index is -0.452. The van der Waals surface area contributed by atoms with E-state index < -0.39 is 4.92 Å². The molecule has 1 amide bonds. The zero-order chi connectivity index (χ0) is 22.7. The first kappa shape index (κ1) is 21.4. The van der Waals surface area contributed by atoms with Gasteiger partial charge in [-0.15, -0.1) is 0 Å². The first-order valence-electron chi connectivity index (χ1n) is 10.1. The first-order valence-corrected chi connectivity index (χ1v) is 10.9. The molecule has 1 heterocycles. The van der Waals surface area contributed by atoms with E-state index >= 15 is 0 Å². The Kier molecular flexibility index (Phi) is 6.09. The maximum Gasteiger partial charge on any atom is 0.270 e. The average molecular weight is 444 g/mol. The Morgan fingerprint density at radius 3 is 2.53 bits per heavy atom. The number of carbonyl (C=O) groups is 1. The second-order valence-corrected chi connectivity index (χ2v) is 8.45. The van der Waals surface area contributed by atoms with Gasteiger partial charge in [0.1, 0.15) is 0 Å². The van der Waals surface area contributed by atoms with E-state index in [0.717, 1.165) is 26.9 Å². The molecule has 0 atom stereocenters. The zero-order valence-corrected chi connectivity index (χ0v) is 18.5. The Balaban J connectivity index is 1.70. The topological polar surface area (TPSA) is 76.3 Å². The molecule has 0 spiro atoms. The average Bonchev–Trinajstić information content (AvgIpc) is 3.26. The molecule has 0 fully saturated rings. The van der Waals surface area contributed by atoms with Crippen LogP contribution in [0.5, 0.6) is 0 Å². The number of fused-ring (bicyclic) bond motifs is 1. The number of nitrogens with zero attached hydrogens (tertiary/aromatic N) is 3. The summed E-state index contributed by atoms with van der Waals surface area (Å²) in [5.41, 5.74) is 4.64. The molecule has 0 aliphatic carbocycles. The number of rotatable bonds is 6. The third-order valence-electron chi connectivity index (χ3n) is 5.11. The van der Waals surface area contributed by atoms with E-state index in [-0.39, 0.29) is 11.6 Å². The van der Waals surface area contributed by atoms with Gasteiger partial charge in [-0.25, -0.2) is 4.98 Å². The van der Waals surface area contributed by atoms with E-state index in [2.05, 4.69) is 6.07 Å². The Hall–Kier alpha value is -3.84. The number of anilines is 1. The second-order valence-electron chi connectivity index (χ2n) is 7.47. The van der Waals surface area contributed by atoms with Crippen molar-refractivity contribution in [3.05, 3.63) is 105 Å². The number of carbonyl (C=O) groups excluding carboxylic acids is 1. The highest BCUT2D eigenvalue weighted by atomic mass is 32.1. The van der Waals surface area contributed by atoms with Crippen LogP contribution >= 0.6 is 11.3 Å². The number of benzene rings is 3.